The molecule has 0 unspecified atom stereocenters. The van der Waals surface area contributed by atoms with Gasteiger partial charge in [0.2, 0.25) is 0 Å². The molecule has 0 radical (unpaired) electrons. The number of ether oxygens (including phenoxy) is 1. The maximum absolute atomic E-state index is 12.3. The summed E-state index contributed by atoms with van der Waals surface area (Å²) < 4.78 is 4.65. The number of benzene rings is 1. The van der Waals surface area contributed by atoms with E-state index in [1.165, 1.54) is 31.5 Å². The van der Waals surface area contributed by atoms with Crippen molar-refractivity contribution in [3.63, 3.8) is 0 Å². The van der Waals surface area contributed by atoms with Gasteiger partial charge in [0.15, 0.2) is 0 Å². The largest absolute Gasteiger partial charge is 0.465 e. The minimum absolute atomic E-state index is 0.0148. The van der Waals surface area contributed by atoms with Gasteiger partial charge in [-0.05, 0) is 44.2 Å². The third-order valence-corrected chi connectivity index (χ3v) is 3.22. The van der Waals surface area contributed by atoms with Crippen molar-refractivity contribution in [2.75, 3.05) is 12.4 Å². The number of nitrogens with zero attached hydrogens (tertiary/aromatic N) is 1. The first-order valence-corrected chi connectivity index (χ1v) is 7.67. The van der Waals surface area contributed by atoms with E-state index in [4.69, 9.17) is 0 Å². The number of amides is 2. The zero-order valence-corrected chi connectivity index (χ0v) is 14.2. The van der Waals surface area contributed by atoms with E-state index in [0.717, 1.165) is 0 Å². The van der Waals surface area contributed by atoms with Gasteiger partial charge in [-0.1, -0.05) is 6.07 Å². The zero-order valence-electron chi connectivity index (χ0n) is 14.2. The average molecular weight is 341 g/mol. The second-order valence-corrected chi connectivity index (χ2v) is 5.58. The minimum atomic E-state index is -0.499. The molecule has 0 aliphatic heterocycles. The minimum Gasteiger partial charge on any atom is -0.465 e. The van der Waals surface area contributed by atoms with Crippen LogP contribution in [0.15, 0.2) is 42.6 Å². The van der Waals surface area contributed by atoms with E-state index in [9.17, 15) is 14.4 Å². The molecule has 130 valence electrons. The quantitative estimate of drug-likeness (QED) is 0.813. The van der Waals surface area contributed by atoms with Crippen molar-refractivity contribution in [2.45, 2.75) is 19.9 Å². The van der Waals surface area contributed by atoms with Crippen LogP contribution in [0.4, 0.5) is 5.69 Å². The van der Waals surface area contributed by atoms with Crippen molar-refractivity contribution < 1.29 is 19.1 Å². The van der Waals surface area contributed by atoms with E-state index in [1.54, 1.807) is 18.2 Å². The number of aromatic nitrogens is 1. The van der Waals surface area contributed by atoms with Crippen molar-refractivity contribution in [3.8, 4) is 0 Å². The summed E-state index contributed by atoms with van der Waals surface area (Å²) in [4.78, 5) is 39.9. The Kier molecular flexibility index (Phi) is 5.84. The molecule has 0 bridgehead atoms. The van der Waals surface area contributed by atoms with Gasteiger partial charge in [-0.3, -0.25) is 14.6 Å². The van der Waals surface area contributed by atoms with Gasteiger partial charge < -0.3 is 15.4 Å². The van der Waals surface area contributed by atoms with Crippen LogP contribution in [0.3, 0.4) is 0 Å². The molecule has 7 nitrogen and oxygen atoms in total. The molecule has 0 fully saturated rings. The van der Waals surface area contributed by atoms with Gasteiger partial charge in [0.05, 0.1) is 12.7 Å². The lowest BCUT2D eigenvalue weighted by molar-refractivity contribution is 0.0600. The smallest absolute Gasteiger partial charge is 0.337 e. The van der Waals surface area contributed by atoms with Gasteiger partial charge in [-0.25, -0.2) is 4.79 Å². The first-order valence-electron chi connectivity index (χ1n) is 7.67. The van der Waals surface area contributed by atoms with Crippen molar-refractivity contribution in [2.24, 2.45) is 0 Å². The highest BCUT2D eigenvalue weighted by Gasteiger charge is 2.13. The van der Waals surface area contributed by atoms with Gasteiger partial charge in [0.25, 0.3) is 11.8 Å². The Bertz CT molecular complexity index is 802. The predicted molar refractivity (Wildman–Crippen MR) is 92.6 cm³/mol. The normalized spacial score (nSPS) is 10.2. The summed E-state index contributed by atoms with van der Waals surface area (Å²) in [5.74, 6) is -1.26. The highest BCUT2D eigenvalue weighted by atomic mass is 16.5. The van der Waals surface area contributed by atoms with Crippen LogP contribution in [-0.4, -0.2) is 35.9 Å². The van der Waals surface area contributed by atoms with Crippen LogP contribution in [0.2, 0.25) is 0 Å². The SMILES string of the molecule is COC(=O)c1cccc(NC(=O)c2cc(C(=O)NC(C)C)ccn2)c1. The molecule has 2 amide bonds. The van der Waals surface area contributed by atoms with Gasteiger partial charge in [0.1, 0.15) is 5.69 Å². The van der Waals surface area contributed by atoms with Crippen LogP contribution in [0.1, 0.15) is 45.1 Å². The standard InChI is InChI=1S/C18H19N3O4/c1-11(2)20-16(22)12-7-8-19-15(10-12)17(23)21-14-6-4-5-13(9-14)18(24)25-3/h4-11H,1-3H3,(H,20,22)(H,21,23). The van der Waals surface area contributed by atoms with Crippen LogP contribution >= 0.6 is 0 Å². The molecule has 0 saturated carbocycles. The van der Waals surface area contributed by atoms with E-state index in [1.807, 2.05) is 13.8 Å². The van der Waals surface area contributed by atoms with Crippen LogP contribution < -0.4 is 10.6 Å². The van der Waals surface area contributed by atoms with E-state index < -0.39 is 11.9 Å². The van der Waals surface area contributed by atoms with Gasteiger partial charge in [-0.2, -0.15) is 0 Å². The number of hydrogen-bond acceptors (Lipinski definition) is 5. The molecule has 2 aromatic rings. The average Bonchev–Trinajstić information content (AvgIpc) is 2.60. The van der Waals surface area contributed by atoms with Gasteiger partial charge in [-0.15, -0.1) is 0 Å². The number of methoxy groups -OCH3 is 1. The Morgan fingerprint density at radius 3 is 2.48 bits per heavy atom. The van der Waals surface area contributed by atoms with Crippen LogP contribution in [0, 0.1) is 0 Å². The number of nitrogens with one attached hydrogen (secondary N) is 2. The molecule has 0 spiro atoms. The Morgan fingerprint density at radius 1 is 1.04 bits per heavy atom. The van der Waals surface area contributed by atoms with E-state index in [0.29, 0.717) is 16.8 Å². The third kappa shape index (κ3) is 4.87. The Balaban J connectivity index is 2.16. The fourth-order valence-electron chi connectivity index (χ4n) is 2.08. The summed E-state index contributed by atoms with van der Waals surface area (Å²) >= 11 is 0. The second-order valence-electron chi connectivity index (χ2n) is 5.58. The lowest BCUT2D eigenvalue weighted by atomic mass is 10.1. The molecule has 2 N–H and O–H groups in total. The number of anilines is 1. The molecule has 1 heterocycles. The number of pyridine rings is 1. The summed E-state index contributed by atoms with van der Waals surface area (Å²) in [5, 5.41) is 5.40. The Morgan fingerprint density at radius 2 is 1.80 bits per heavy atom. The van der Waals surface area contributed by atoms with Crippen molar-refractivity contribution >= 4 is 23.5 Å². The maximum atomic E-state index is 12.3. The molecule has 0 aliphatic carbocycles. The molecule has 25 heavy (non-hydrogen) atoms. The molecule has 0 atom stereocenters. The van der Waals surface area contributed by atoms with E-state index in [-0.39, 0.29) is 17.6 Å². The van der Waals surface area contributed by atoms with Gasteiger partial charge in [0, 0.05) is 23.5 Å². The summed E-state index contributed by atoms with van der Waals surface area (Å²) in [6.07, 6.45) is 1.40. The Hall–Kier alpha value is -3.22. The van der Waals surface area contributed by atoms with Crippen molar-refractivity contribution in [1.29, 1.82) is 0 Å². The third-order valence-electron chi connectivity index (χ3n) is 3.22. The topological polar surface area (TPSA) is 97.4 Å². The number of hydrogen-bond donors (Lipinski definition) is 2. The molecule has 2 rings (SSSR count). The fourth-order valence-corrected chi connectivity index (χ4v) is 2.08. The molecule has 7 heteroatoms. The molecule has 0 aliphatic rings. The van der Waals surface area contributed by atoms with Crippen molar-refractivity contribution in [1.82, 2.24) is 10.3 Å². The highest BCUT2D eigenvalue weighted by Crippen LogP contribution is 2.13. The zero-order chi connectivity index (χ0) is 18.4. The monoisotopic (exact) mass is 341 g/mol. The second kappa shape index (κ2) is 8.05. The number of rotatable bonds is 5. The van der Waals surface area contributed by atoms with Gasteiger partial charge >= 0.3 is 5.97 Å². The molecular weight excluding hydrogens is 322 g/mol. The van der Waals surface area contributed by atoms with Crippen LogP contribution in [0.25, 0.3) is 0 Å². The molecule has 1 aromatic heterocycles. The summed E-state index contributed by atoms with van der Waals surface area (Å²) in [7, 11) is 1.28. The lowest BCUT2D eigenvalue weighted by Gasteiger charge is -2.09. The molecule has 0 saturated heterocycles. The first-order chi connectivity index (χ1) is 11.9. The summed E-state index contributed by atoms with van der Waals surface area (Å²) in [6, 6.07) is 9.28. The number of carbonyl (C=O) groups excluding carboxylic acids is 3. The summed E-state index contributed by atoms with van der Waals surface area (Å²) in [5.41, 5.74) is 1.18. The van der Waals surface area contributed by atoms with E-state index in [2.05, 4.69) is 20.4 Å². The fraction of sp³-hybridized carbons (Fsp3) is 0.222. The maximum Gasteiger partial charge on any atom is 0.337 e. The van der Waals surface area contributed by atoms with Crippen LogP contribution in [0.5, 0.6) is 0 Å². The van der Waals surface area contributed by atoms with Crippen LogP contribution in [-0.2, 0) is 4.74 Å². The summed E-state index contributed by atoms with van der Waals surface area (Å²) in [6.45, 7) is 3.70. The lowest BCUT2D eigenvalue weighted by Crippen LogP contribution is -2.30. The molecule has 1 aromatic carbocycles. The van der Waals surface area contributed by atoms with Crippen molar-refractivity contribution in [3.05, 3.63) is 59.4 Å². The number of carbonyl (C=O) groups is 3. The predicted octanol–water partition coefficient (Wildman–Crippen LogP) is 2.26. The molecular formula is C18H19N3O4. The Labute approximate surface area is 145 Å². The first kappa shape index (κ1) is 18.1. The van der Waals surface area contributed by atoms with E-state index >= 15 is 0 Å². The number of esters is 1. The highest BCUT2D eigenvalue weighted by molar-refractivity contribution is 6.05.